The van der Waals surface area contributed by atoms with E-state index in [4.69, 9.17) is 24.7 Å². The molecule has 0 spiro atoms. The number of imidazole rings is 2. The Hall–Kier alpha value is -3.24. The average Bonchev–Trinajstić information content (AvgIpc) is 3.34. The number of para-hydroxylation sites is 2. The molecule has 0 radical (unpaired) electrons. The molecule has 0 bridgehead atoms. The number of hydrogen-bond acceptors (Lipinski definition) is 8. The normalized spacial score (nSPS) is 17.2. The fourth-order valence-corrected chi connectivity index (χ4v) is 4.37. The van der Waals surface area contributed by atoms with Crippen LogP contribution in [0.2, 0.25) is 0 Å². The lowest BCUT2D eigenvalue weighted by atomic mass is 10.2. The van der Waals surface area contributed by atoms with Gasteiger partial charge in [0.25, 0.3) is 0 Å². The zero-order chi connectivity index (χ0) is 21.7. The number of morpholine rings is 1. The topological polar surface area (TPSA) is 98.0 Å². The zero-order valence-corrected chi connectivity index (χ0v) is 18.4. The average molecular weight is 434 g/mol. The molecule has 4 aromatic rings. The van der Waals surface area contributed by atoms with E-state index in [0.29, 0.717) is 25.2 Å². The Bertz CT molecular complexity index is 1280. The molecular formula is C22H27N9O. The van der Waals surface area contributed by atoms with Gasteiger partial charge in [-0.25, -0.2) is 9.97 Å². The second-order valence-electron chi connectivity index (χ2n) is 8.32. The van der Waals surface area contributed by atoms with E-state index in [1.54, 1.807) is 0 Å². The smallest absolute Gasteiger partial charge is 0.239 e. The van der Waals surface area contributed by atoms with E-state index in [2.05, 4.69) is 33.1 Å². The van der Waals surface area contributed by atoms with E-state index >= 15 is 0 Å². The summed E-state index contributed by atoms with van der Waals surface area (Å²) in [5.41, 5.74) is 3.59. The van der Waals surface area contributed by atoms with Crippen molar-refractivity contribution in [2.24, 2.45) is 7.05 Å². The molecule has 5 heterocycles. The molecular weight excluding hydrogens is 406 g/mol. The van der Waals surface area contributed by atoms with Crippen LogP contribution in [0.25, 0.3) is 28.1 Å². The number of aryl methyl sites for hydroxylation is 2. The maximum Gasteiger partial charge on any atom is 0.239 e. The molecule has 6 rings (SSSR count). The summed E-state index contributed by atoms with van der Waals surface area (Å²) in [6, 6.07) is 8.53. The molecule has 2 aliphatic heterocycles. The lowest BCUT2D eigenvalue weighted by Crippen LogP contribution is -2.51. The van der Waals surface area contributed by atoms with E-state index < -0.39 is 0 Å². The standard InChI is InChI=1S/C22H27N9O/c1-3-17-25-15-6-4-5-7-16(15)31(17)22-27-19-18(20(28-22)30-8-10-32-11-9-30)26-21(29(19)2)24-14-12-23-13-14/h4-7,14,23H,3,8-13H2,1-2H3,(H,24,26). The Kier molecular flexibility index (Phi) is 4.69. The van der Waals surface area contributed by atoms with Crippen molar-refractivity contribution in [3.8, 4) is 5.95 Å². The van der Waals surface area contributed by atoms with Gasteiger partial charge in [0, 0.05) is 39.6 Å². The third kappa shape index (κ3) is 3.09. The largest absolute Gasteiger partial charge is 0.378 e. The quantitative estimate of drug-likeness (QED) is 0.489. The van der Waals surface area contributed by atoms with Crippen LogP contribution in [-0.2, 0) is 18.2 Å². The highest BCUT2D eigenvalue weighted by Crippen LogP contribution is 2.29. The minimum atomic E-state index is 0.383. The molecule has 0 unspecified atom stereocenters. The van der Waals surface area contributed by atoms with Crippen molar-refractivity contribution in [3.05, 3.63) is 30.1 Å². The van der Waals surface area contributed by atoms with E-state index in [0.717, 1.165) is 72.4 Å². The summed E-state index contributed by atoms with van der Waals surface area (Å²) in [6.45, 7) is 6.92. The zero-order valence-electron chi connectivity index (χ0n) is 18.4. The molecule has 0 aliphatic carbocycles. The van der Waals surface area contributed by atoms with Crippen LogP contribution in [0, 0.1) is 0 Å². The fourth-order valence-electron chi connectivity index (χ4n) is 4.37. The second kappa shape index (κ2) is 7.72. The number of anilines is 2. The summed E-state index contributed by atoms with van der Waals surface area (Å²) in [6.07, 6.45) is 0.788. The summed E-state index contributed by atoms with van der Waals surface area (Å²) in [7, 11) is 2.01. The van der Waals surface area contributed by atoms with Gasteiger partial charge in [-0.05, 0) is 12.1 Å². The van der Waals surface area contributed by atoms with Crippen LogP contribution < -0.4 is 15.5 Å². The summed E-state index contributed by atoms with van der Waals surface area (Å²) >= 11 is 0. The highest BCUT2D eigenvalue weighted by atomic mass is 16.5. The van der Waals surface area contributed by atoms with Crippen molar-refractivity contribution in [2.75, 3.05) is 49.6 Å². The van der Waals surface area contributed by atoms with Gasteiger partial charge in [-0.2, -0.15) is 9.97 Å². The summed E-state index contributed by atoms with van der Waals surface area (Å²) in [5, 5.41) is 6.83. The first-order valence-corrected chi connectivity index (χ1v) is 11.2. The number of aromatic nitrogens is 6. The molecule has 2 fully saturated rings. The van der Waals surface area contributed by atoms with Gasteiger partial charge in [0.1, 0.15) is 5.82 Å². The maximum absolute atomic E-state index is 5.59. The lowest BCUT2D eigenvalue weighted by Gasteiger charge is -2.28. The summed E-state index contributed by atoms with van der Waals surface area (Å²) in [4.78, 5) is 22.1. The van der Waals surface area contributed by atoms with Crippen molar-refractivity contribution in [1.82, 2.24) is 34.4 Å². The molecule has 2 aliphatic rings. The first-order chi connectivity index (χ1) is 15.7. The molecule has 2 N–H and O–H groups in total. The summed E-state index contributed by atoms with van der Waals surface area (Å²) < 4.78 is 9.70. The number of nitrogens with zero attached hydrogens (tertiary/aromatic N) is 7. The third-order valence-corrected chi connectivity index (χ3v) is 6.26. The van der Waals surface area contributed by atoms with Crippen LogP contribution in [0.5, 0.6) is 0 Å². The van der Waals surface area contributed by atoms with Crippen LogP contribution in [0.3, 0.4) is 0 Å². The first kappa shape index (κ1) is 19.4. The molecule has 1 aromatic carbocycles. The lowest BCUT2D eigenvalue weighted by molar-refractivity contribution is 0.122. The van der Waals surface area contributed by atoms with Crippen molar-refractivity contribution in [1.29, 1.82) is 0 Å². The SMILES string of the molecule is CCc1nc2ccccc2n1-c1nc(N2CCOCC2)c2nc(NC3CNC3)n(C)c2n1. The first-order valence-electron chi connectivity index (χ1n) is 11.2. The molecule has 0 amide bonds. The van der Waals surface area contributed by atoms with Crippen molar-refractivity contribution >= 4 is 34.0 Å². The predicted molar refractivity (Wildman–Crippen MR) is 124 cm³/mol. The molecule has 10 nitrogen and oxygen atoms in total. The molecule has 3 aromatic heterocycles. The van der Waals surface area contributed by atoms with Crippen LogP contribution in [0.15, 0.2) is 24.3 Å². The van der Waals surface area contributed by atoms with Gasteiger partial charge in [0.2, 0.25) is 11.9 Å². The van der Waals surface area contributed by atoms with E-state index in [1.165, 1.54) is 0 Å². The van der Waals surface area contributed by atoms with Crippen LogP contribution in [-0.4, -0.2) is 74.5 Å². The van der Waals surface area contributed by atoms with Gasteiger partial charge >= 0.3 is 0 Å². The van der Waals surface area contributed by atoms with Gasteiger partial charge < -0.3 is 20.3 Å². The maximum atomic E-state index is 5.59. The molecule has 10 heteroatoms. The third-order valence-electron chi connectivity index (χ3n) is 6.26. The molecule has 2 saturated heterocycles. The Morgan fingerprint density at radius 1 is 1.09 bits per heavy atom. The molecule has 166 valence electrons. The number of nitrogens with one attached hydrogen (secondary N) is 2. The van der Waals surface area contributed by atoms with Gasteiger partial charge in [0.05, 0.1) is 30.3 Å². The van der Waals surface area contributed by atoms with Crippen molar-refractivity contribution < 1.29 is 4.74 Å². The molecule has 32 heavy (non-hydrogen) atoms. The monoisotopic (exact) mass is 433 g/mol. The number of fused-ring (bicyclic) bond motifs is 2. The van der Waals surface area contributed by atoms with E-state index in [-0.39, 0.29) is 0 Å². The van der Waals surface area contributed by atoms with Crippen LogP contribution in [0.1, 0.15) is 12.7 Å². The predicted octanol–water partition coefficient (Wildman–Crippen LogP) is 1.48. The Balaban J connectivity index is 1.57. The van der Waals surface area contributed by atoms with Crippen LogP contribution >= 0.6 is 0 Å². The Morgan fingerprint density at radius 2 is 1.91 bits per heavy atom. The number of hydrogen-bond donors (Lipinski definition) is 2. The van der Waals surface area contributed by atoms with Gasteiger partial charge in [-0.3, -0.25) is 9.13 Å². The highest BCUT2D eigenvalue weighted by Gasteiger charge is 2.25. The van der Waals surface area contributed by atoms with Crippen molar-refractivity contribution in [3.63, 3.8) is 0 Å². The minimum absolute atomic E-state index is 0.383. The Labute approximate surface area is 185 Å². The van der Waals surface area contributed by atoms with Gasteiger partial charge in [-0.15, -0.1) is 0 Å². The minimum Gasteiger partial charge on any atom is -0.378 e. The molecule has 0 saturated carbocycles. The van der Waals surface area contributed by atoms with E-state index in [9.17, 15) is 0 Å². The van der Waals surface area contributed by atoms with Crippen LogP contribution in [0.4, 0.5) is 11.8 Å². The van der Waals surface area contributed by atoms with Gasteiger partial charge in [-0.1, -0.05) is 19.1 Å². The number of ether oxygens (including phenoxy) is 1. The highest BCUT2D eigenvalue weighted by molar-refractivity contribution is 5.87. The summed E-state index contributed by atoms with van der Waals surface area (Å²) in [5.74, 6) is 3.24. The number of rotatable bonds is 5. The van der Waals surface area contributed by atoms with Crippen molar-refractivity contribution in [2.45, 2.75) is 19.4 Å². The van der Waals surface area contributed by atoms with Gasteiger partial charge in [0.15, 0.2) is 17.0 Å². The second-order valence-corrected chi connectivity index (χ2v) is 8.32. The number of benzene rings is 1. The Morgan fingerprint density at radius 3 is 2.66 bits per heavy atom. The molecule has 0 atom stereocenters. The fraction of sp³-hybridized carbons (Fsp3) is 0.455. The van der Waals surface area contributed by atoms with E-state index in [1.807, 2.05) is 29.8 Å².